The molecule has 0 amide bonds. The molecule has 0 N–H and O–H groups in total. The van der Waals surface area contributed by atoms with Crippen LogP contribution in [0.4, 0.5) is 0 Å². The maximum absolute atomic E-state index is 6.88. The minimum atomic E-state index is 0.861. The maximum atomic E-state index is 6.88. The lowest BCUT2D eigenvalue weighted by molar-refractivity contribution is 0.668. The minimum Gasteiger partial charge on any atom is -0.456 e. The Labute approximate surface area is 520 Å². The number of hydrogen-bond acceptors (Lipinski definition) is 2. The van der Waals surface area contributed by atoms with Gasteiger partial charge in [-0.2, -0.15) is 0 Å². The van der Waals surface area contributed by atoms with Gasteiger partial charge in [-0.3, -0.25) is 0 Å². The highest BCUT2D eigenvalue weighted by molar-refractivity contribution is 6.28. The molecule has 2 aromatic heterocycles. The maximum Gasteiger partial charge on any atom is 0.136 e. The highest BCUT2D eigenvalue weighted by atomic mass is 16.3. The summed E-state index contributed by atoms with van der Waals surface area (Å²) in [6, 6.07) is 119. The van der Waals surface area contributed by atoms with Crippen LogP contribution in [0.25, 0.3) is 187 Å². The van der Waals surface area contributed by atoms with Crippen LogP contribution in [0.1, 0.15) is 0 Å². The predicted octanol–water partition coefficient (Wildman–Crippen LogP) is 25.1. The number of hydrogen-bond donors (Lipinski definition) is 0. The molecule has 0 radical (unpaired) electrons. The van der Waals surface area contributed by atoms with Gasteiger partial charge in [-0.25, -0.2) is 0 Å². The van der Waals surface area contributed by atoms with Crippen molar-refractivity contribution in [2.24, 2.45) is 0 Å². The number of rotatable bonds is 9. The van der Waals surface area contributed by atoms with Gasteiger partial charge in [0.25, 0.3) is 0 Å². The van der Waals surface area contributed by atoms with E-state index in [-0.39, 0.29) is 0 Å². The van der Waals surface area contributed by atoms with Crippen LogP contribution in [0.2, 0.25) is 0 Å². The zero-order chi connectivity index (χ0) is 59.2. The van der Waals surface area contributed by atoms with E-state index in [0.29, 0.717) is 0 Å². The van der Waals surface area contributed by atoms with Crippen LogP contribution >= 0.6 is 0 Å². The van der Waals surface area contributed by atoms with E-state index in [2.05, 4.69) is 328 Å². The summed E-state index contributed by atoms with van der Waals surface area (Å²) in [5.74, 6) is 0. The number of fused-ring (bicyclic) bond motifs is 10. The van der Waals surface area contributed by atoms with E-state index >= 15 is 0 Å². The van der Waals surface area contributed by atoms with Gasteiger partial charge in [0.05, 0.1) is 0 Å². The van der Waals surface area contributed by atoms with Crippen LogP contribution in [0.3, 0.4) is 0 Å². The first kappa shape index (κ1) is 51.4. The number of furan rings is 2. The third kappa shape index (κ3) is 8.34. The SMILES string of the molecule is c1ccc(-c2cccc(-c3cccc4oc5cccc(-c6c7ccccc7c(-c7ccccc7)c7ccc(-c8cccc(-c9cccc(-c%10ccc%11c(c%10)oc%10cccc(-c%12c%13ccccc%13c(-c%13ccccc%13)c%13ccccc%12%13)c%10%11)c9)c8)cc67)c5c34)c2)cc1. The molecular weight excluding hydrogens is 1090 g/mol. The molecule has 0 unspecified atom stereocenters. The summed E-state index contributed by atoms with van der Waals surface area (Å²) in [4.78, 5) is 0. The Bertz CT molecular complexity index is 5830. The van der Waals surface area contributed by atoms with Crippen molar-refractivity contribution >= 4 is 87.0 Å². The van der Waals surface area contributed by atoms with Crippen molar-refractivity contribution in [2.45, 2.75) is 0 Å². The lowest BCUT2D eigenvalue weighted by atomic mass is 9.83. The van der Waals surface area contributed by atoms with Crippen LogP contribution in [0, 0.1) is 0 Å². The fourth-order valence-corrected chi connectivity index (χ4v) is 14.7. The molecule has 0 aliphatic heterocycles. The smallest absolute Gasteiger partial charge is 0.136 e. The Hall–Kier alpha value is -11.8. The number of benzene rings is 16. The van der Waals surface area contributed by atoms with E-state index in [1.54, 1.807) is 0 Å². The van der Waals surface area contributed by atoms with Gasteiger partial charge in [0.15, 0.2) is 0 Å². The van der Waals surface area contributed by atoms with Crippen LogP contribution in [-0.2, 0) is 0 Å². The van der Waals surface area contributed by atoms with Gasteiger partial charge in [0, 0.05) is 21.5 Å². The molecule has 2 heteroatoms. The molecule has 90 heavy (non-hydrogen) atoms. The summed E-state index contributed by atoms with van der Waals surface area (Å²) in [7, 11) is 0. The van der Waals surface area contributed by atoms with Crippen molar-refractivity contribution in [1.29, 1.82) is 0 Å². The quantitative estimate of drug-likeness (QED) is 0.135. The van der Waals surface area contributed by atoms with E-state index in [1.807, 2.05) is 0 Å². The molecule has 18 rings (SSSR count). The van der Waals surface area contributed by atoms with Crippen LogP contribution in [0.15, 0.2) is 336 Å². The summed E-state index contributed by atoms with van der Waals surface area (Å²) in [5, 5.41) is 14.1. The Balaban J connectivity index is 0.760. The topological polar surface area (TPSA) is 26.3 Å². The normalized spacial score (nSPS) is 11.8. The van der Waals surface area contributed by atoms with Crippen LogP contribution in [0.5, 0.6) is 0 Å². The molecule has 0 bridgehead atoms. The summed E-state index contributed by atoms with van der Waals surface area (Å²) < 4.78 is 13.7. The van der Waals surface area contributed by atoms with Gasteiger partial charge in [0.1, 0.15) is 22.3 Å². The summed E-state index contributed by atoms with van der Waals surface area (Å²) >= 11 is 0. The molecule has 418 valence electrons. The first-order chi connectivity index (χ1) is 44.6. The second-order valence-corrected chi connectivity index (χ2v) is 23.7. The first-order valence-corrected chi connectivity index (χ1v) is 31.0. The minimum absolute atomic E-state index is 0.861. The second-order valence-electron chi connectivity index (χ2n) is 23.7. The molecule has 2 nitrogen and oxygen atoms in total. The van der Waals surface area contributed by atoms with Crippen molar-refractivity contribution in [3.05, 3.63) is 328 Å². The van der Waals surface area contributed by atoms with E-state index in [1.165, 1.54) is 93.2 Å². The monoisotopic (exact) mass is 1140 g/mol. The molecule has 16 aromatic carbocycles. The van der Waals surface area contributed by atoms with E-state index in [9.17, 15) is 0 Å². The Morgan fingerprint density at radius 1 is 0.144 bits per heavy atom. The molecule has 0 atom stereocenters. The Morgan fingerprint density at radius 2 is 0.456 bits per heavy atom. The van der Waals surface area contributed by atoms with Crippen molar-refractivity contribution in [3.8, 4) is 100 Å². The fourth-order valence-electron chi connectivity index (χ4n) is 14.7. The van der Waals surface area contributed by atoms with Gasteiger partial charge < -0.3 is 8.83 Å². The fraction of sp³-hybridized carbons (Fsp3) is 0. The summed E-state index contributed by atoms with van der Waals surface area (Å²) in [6.45, 7) is 0. The third-order valence-electron chi connectivity index (χ3n) is 18.6. The van der Waals surface area contributed by atoms with Gasteiger partial charge >= 0.3 is 0 Å². The van der Waals surface area contributed by atoms with E-state index in [0.717, 1.165) is 93.9 Å². The lowest BCUT2D eigenvalue weighted by Gasteiger charge is -2.19. The average Bonchev–Trinajstić information content (AvgIpc) is 1.69. The zero-order valence-electron chi connectivity index (χ0n) is 49.0. The molecule has 0 saturated carbocycles. The van der Waals surface area contributed by atoms with Crippen LogP contribution in [-0.4, -0.2) is 0 Å². The van der Waals surface area contributed by atoms with Crippen molar-refractivity contribution in [2.75, 3.05) is 0 Å². The van der Waals surface area contributed by atoms with E-state index in [4.69, 9.17) is 8.83 Å². The standard InChI is InChI=1S/C88H54O2/c1-4-22-55(23-5-1)58-28-18-33-65(52-58)66-40-19-44-79-87(66)88-76(42-21-45-80(88)89-79)85-72-39-15-12-36-69(72)83(57-26-8-3-9-27-57)73-48-46-63(53-77(73)85)61-31-16-29-59(50-61)60-30-17-32-62(51-60)64-47-49-74-81(54-64)90-78-43-20-41-75(86(74)78)84-70-37-13-10-34-67(70)82(56-24-6-2-7-25-56)68-35-11-14-38-71(68)84/h1-54H. The molecule has 0 spiro atoms. The van der Waals surface area contributed by atoms with Crippen molar-refractivity contribution in [1.82, 2.24) is 0 Å². The highest BCUT2D eigenvalue weighted by Gasteiger charge is 2.25. The lowest BCUT2D eigenvalue weighted by Crippen LogP contribution is -1.92. The van der Waals surface area contributed by atoms with Crippen LogP contribution < -0.4 is 0 Å². The summed E-state index contributed by atoms with van der Waals surface area (Å²) in [6.07, 6.45) is 0. The Kier molecular flexibility index (Phi) is 12.0. The molecule has 0 aliphatic rings. The first-order valence-electron chi connectivity index (χ1n) is 31.0. The largest absolute Gasteiger partial charge is 0.456 e. The molecule has 0 aliphatic carbocycles. The average molecular weight is 1140 g/mol. The van der Waals surface area contributed by atoms with Crippen molar-refractivity contribution in [3.63, 3.8) is 0 Å². The molecule has 0 saturated heterocycles. The van der Waals surface area contributed by atoms with E-state index < -0.39 is 0 Å². The molecular formula is C88H54O2. The van der Waals surface area contributed by atoms with Gasteiger partial charge in [-0.1, -0.05) is 273 Å². The van der Waals surface area contributed by atoms with Crippen molar-refractivity contribution < 1.29 is 8.83 Å². The third-order valence-corrected chi connectivity index (χ3v) is 18.6. The molecule has 2 heterocycles. The molecule has 18 aromatic rings. The summed E-state index contributed by atoms with van der Waals surface area (Å²) in [5.41, 5.74) is 24.5. The zero-order valence-corrected chi connectivity index (χ0v) is 49.0. The van der Waals surface area contributed by atoms with Gasteiger partial charge in [0.2, 0.25) is 0 Å². The highest BCUT2D eigenvalue weighted by Crippen LogP contribution is 2.51. The van der Waals surface area contributed by atoms with Gasteiger partial charge in [-0.15, -0.1) is 0 Å². The molecule has 0 fully saturated rings. The second kappa shape index (κ2) is 21.0. The predicted molar refractivity (Wildman–Crippen MR) is 380 cm³/mol. The van der Waals surface area contributed by atoms with Gasteiger partial charge in [-0.05, 0) is 198 Å². The Morgan fingerprint density at radius 3 is 0.967 bits per heavy atom.